The van der Waals surface area contributed by atoms with Gasteiger partial charge >= 0.3 is 0 Å². The molecule has 0 bridgehead atoms. The van der Waals surface area contributed by atoms with Crippen molar-refractivity contribution in [2.24, 2.45) is 5.73 Å². The van der Waals surface area contributed by atoms with Crippen LogP contribution in [0.2, 0.25) is 5.02 Å². The van der Waals surface area contributed by atoms with Crippen molar-refractivity contribution in [3.05, 3.63) is 81.5 Å². The second kappa shape index (κ2) is 7.76. The van der Waals surface area contributed by atoms with Crippen molar-refractivity contribution in [1.29, 1.82) is 0 Å². The van der Waals surface area contributed by atoms with E-state index in [0.29, 0.717) is 21.9 Å². The fourth-order valence-electron chi connectivity index (χ4n) is 2.47. The van der Waals surface area contributed by atoms with Gasteiger partial charge in [-0.05, 0) is 42.0 Å². The van der Waals surface area contributed by atoms with Crippen molar-refractivity contribution in [1.82, 2.24) is 5.32 Å². The van der Waals surface area contributed by atoms with E-state index in [1.807, 2.05) is 12.1 Å². The maximum atomic E-state index is 12.5. The normalized spacial score (nSPS) is 11.8. The summed E-state index contributed by atoms with van der Waals surface area (Å²) in [6, 6.07) is 16.3. The van der Waals surface area contributed by atoms with Crippen LogP contribution >= 0.6 is 27.5 Å². The first-order valence-electron chi connectivity index (χ1n) is 7.66. The van der Waals surface area contributed by atoms with Crippen LogP contribution < -0.4 is 11.1 Å². The number of nitrogens with one attached hydrogen (secondary N) is 1. The highest BCUT2D eigenvalue weighted by atomic mass is 79.9. The Bertz CT molecular complexity index is 971. The minimum atomic E-state index is -0.978. The number of primary amides is 1. The summed E-state index contributed by atoms with van der Waals surface area (Å²) in [5.41, 5.74) is 6.68. The summed E-state index contributed by atoms with van der Waals surface area (Å²) in [5, 5.41) is 3.11. The first-order chi connectivity index (χ1) is 12.5. The average molecular weight is 434 g/mol. The Kier molecular flexibility index (Phi) is 5.44. The zero-order valence-corrected chi connectivity index (χ0v) is 15.8. The molecule has 3 aromatic rings. The molecule has 0 fully saturated rings. The molecule has 0 saturated heterocycles. The van der Waals surface area contributed by atoms with Crippen LogP contribution in [0.4, 0.5) is 0 Å². The average Bonchev–Trinajstić information content (AvgIpc) is 3.09. The first-order valence-corrected chi connectivity index (χ1v) is 8.83. The summed E-state index contributed by atoms with van der Waals surface area (Å²) >= 11 is 9.47. The van der Waals surface area contributed by atoms with Gasteiger partial charge in [0.05, 0.1) is 5.02 Å². The third-order valence-electron chi connectivity index (χ3n) is 3.71. The fraction of sp³-hybridized carbons (Fsp3) is 0.0526. The van der Waals surface area contributed by atoms with Crippen LogP contribution in [0.25, 0.3) is 11.3 Å². The molecular weight excluding hydrogens is 420 g/mol. The predicted molar refractivity (Wildman–Crippen MR) is 103 cm³/mol. The molecule has 26 heavy (non-hydrogen) atoms. The number of amides is 2. The Morgan fingerprint density at radius 1 is 1.08 bits per heavy atom. The lowest BCUT2D eigenvalue weighted by Gasteiger charge is -2.15. The number of rotatable bonds is 5. The standard InChI is InChI=1S/C19H14BrClN2O3/c20-12-5-3-4-11(10-12)17(18(22)24)23-19(25)16-9-8-15(26-16)13-6-1-2-7-14(13)21/h1-10,17H,(H2,22,24)(H,23,25)/t17-/m1/s1. The van der Waals surface area contributed by atoms with E-state index in [4.69, 9.17) is 21.8 Å². The Hall–Kier alpha value is -2.57. The van der Waals surface area contributed by atoms with Crippen LogP contribution in [0, 0.1) is 0 Å². The smallest absolute Gasteiger partial charge is 0.287 e. The zero-order chi connectivity index (χ0) is 18.7. The van der Waals surface area contributed by atoms with Gasteiger partial charge in [0.1, 0.15) is 11.8 Å². The topological polar surface area (TPSA) is 85.3 Å². The van der Waals surface area contributed by atoms with Crippen molar-refractivity contribution in [3.8, 4) is 11.3 Å². The summed E-state index contributed by atoms with van der Waals surface area (Å²) in [7, 11) is 0. The largest absolute Gasteiger partial charge is 0.451 e. The summed E-state index contributed by atoms with van der Waals surface area (Å²) in [6.07, 6.45) is 0. The molecule has 0 aliphatic rings. The molecule has 0 radical (unpaired) electrons. The lowest BCUT2D eigenvalue weighted by atomic mass is 10.1. The predicted octanol–water partition coefficient (Wildman–Crippen LogP) is 4.32. The second-order valence-corrected chi connectivity index (χ2v) is 6.83. The van der Waals surface area contributed by atoms with E-state index >= 15 is 0 Å². The number of halogens is 2. The molecule has 132 valence electrons. The van der Waals surface area contributed by atoms with Gasteiger partial charge in [0.15, 0.2) is 5.76 Å². The summed E-state index contributed by atoms with van der Waals surface area (Å²) in [6.45, 7) is 0. The molecule has 1 heterocycles. The molecule has 0 unspecified atom stereocenters. The van der Waals surface area contributed by atoms with Gasteiger partial charge in [-0.2, -0.15) is 0 Å². The second-order valence-electron chi connectivity index (χ2n) is 5.51. The molecule has 3 N–H and O–H groups in total. The number of hydrogen-bond donors (Lipinski definition) is 2. The monoisotopic (exact) mass is 432 g/mol. The van der Waals surface area contributed by atoms with Crippen molar-refractivity contribution >= 4 is 39.3 Å². The van der Waals surface area contributed by atoms with Gasteiger partial charge in [0.2, 0.25) is 5.91 Å². The highest BCUT2D eigenvalue weighted by Crippen LogP contribution is 2.29. The van der Waals surface area contributed by atoms with Gasteiger partial charge in [-0.25, -0.2) is 0 Å². The Morgan fingerprint density at radius 3 is 2.54 bits per heavy atom. The Labute approximate surface area is 163 Å². The summed E-state index contributed by atoms with van der Waals surface area (Å²) in [5.74, 6) is -0.707. The van der Waals surface area contributed by atoms with Crippen LogP contribution in [-0.2, 0) is 4.79 Å². The molecule has 0 aliphatic heterocycles. The summed E-state index contributed by atoms with van der Waals surface area (Å²) in [4.78, 5) is 24.3. The SMILES string of the molecule is NC(=O)[C@H](NC(=O)c1ccc(-c2ccccc2Cl)o1)c1cccc(Br)c1. The Balaban J connectivity index is 1.83. The van der Waals surface area contributed by atoms with Gasteiger partial charge in [-0.15, -0.1) is 0 Å². The van der Waals surface area contributed by atoms with E-state index in [9.17, 15) is 9.59 Å². The molecule has 1 aromatic heterocycles. The van der Waals surface area contributed by atoms with E-state index < -0.39 is 17.9 Å². The summed E-state index contributed by atoms with van der Waals surface area (Å²) < 4.78 is 6.37. The lowest BCUT2D eigenvalue weighted by Crippen LogP contribution is -2.37. The molecule has 2 aromatic carbocycles. The number of benzene rings is 2. The van der Waals surface area contributed by atoms with Gasteiger partial charge in [-0.3, -0.25) is 9.59 Å². The molecule has 7 heteroatoms. The number of carbonyl (C=O) groups is 2. The molecule has 5 nitrogen and oxygen atoms in total. The molecular formula is C19H14BrClN2O3. The number of furan rings is 1. The van der Waals surface area contributed by atoms with Crippen molar-refractivity contribution in [2.75, 3.05) is 0 Å². The van der Waals surface area contributed by atoms with Gasteiger partial charge in [0.25, 0.3) is 5.91 Å². The highest BCUT2D eigenvalue weighted by molar-refractivity contribution is 9.10. The van der Waals surface area contributed by atoms with Crippen LogP contribution in [0.5, 0.6) is 0 Å². The zero-order valence-electron chi connectivity index (χ0n) is 13.4. The van der Waals surface area contributed by atoms with Crippen LogP contribution in [0.15, 0.2) is 69.6 Å². The van der Waals surface area contributed by atoms with Crippen LogP contribution in [0.1, 0.15) is 22.2 Å². The lowest BCUT2D eigenvalue weighted by molar-refractivity contribution is -0.120. The van der Waals surface area contributed by atoms with Crippen molar-refractivity contribution < 1.29 is 14.0 Å². The maximum Gasteiger partial charge on any atom is 0.287 e. The molecule has 0 spiro atoms. The molecule has 0 saturated carbocycles. The number of hydrogen-bond acceptors (Lipinski definition) is 3. The first kappa shape index (κ1) is 18.2. The molecule has 2 amide bonds. The quantitative estimate of drug-likeness (QED) is 0.628. The van der Waals surface area contributed by atoms with Gasteiger partial charge in [0, 0.05) is 10.0 Å². The van der Waals surface area contributed by atoms with E-state index in [1.54, 1.807) is 42.5 Å². The third kappa shape index (κ3) is 3.98. The molecule has 1 atom stereocenters. The minimum absolute atomic E-state index is 0.0566. The van der Waals surface area contributed by atoms with Crippen molar-refractivity contribution in [2.45, 2.75) is 6.04 Å². The van der Waals surface area contributed by atoms with E-state index in [1.165, 1.54) is 6.07 Å². The maximum absolute atomic E-state index is 12.5. The van der Waals surface area contributed by atoms with Gasteiger partial charge < -0.3 is 15.5 Å². The van der Waals surface area contributed by atoms with Crippen molar-refractivity contribution in [3.63, 3.8) is 0 Å². The molecule has 3 rings (SSSR count). The van der Waals surface area contributed by atoms with Gasteiger partial charge in [-0.1, -0.05) is 51.8 Å². The van der Waals surface area contributed by atoms with E-state index in [-0.39, 0.29) is 5.76 Å². The van der Waals surface area contributed by atoms with E-state index in [2.05, 4.69) is 21.2 Å². The minimum Gasteiger partial charge on any atom is -0.451 e. The number of nitrogens with two attached hydrogens (primary N) is 1. The molecule has 0 aliphatic carbocycles. The third-order valence-corrected chi connectivity index (χ3v) is 4.53. The fourth-order valence-corrected chi connectivity index (χ4v) is 3.12. The van der Waals surface area contributed by atoms with E-state index in [0.717, 1.165) is 4.47 Å². The van der Waals surface area contributed by atoms with Crippen LogP contribution in [0.3, 0.4) is 0 Å². The van der Waals surface area contributed by atoms with Crippen LogP contribution in [-0.4, -0.2) is 11.8 Å². The highest BCUT2D eigenvalue weighted by Gasteiger charge is 2.23. The number of carbonyl (C=O) groups excluding carboxylic acids is 2. The Morgan fingerprint density at radius 2 is 1.85 bits per heavy atom.